The first-order valence-corrected chi connectivity index (χ1v) is 8.48. The van der Waals surface area contributed by atoms with Crippen LogP contribution in [0.25, 0.3) is 5.57 Å². The van der Waals surface area contributed by atoms with Gasteiger partial charge in [0.05, 0.1) is 10.6 Å². The van der Waals surface area contributed by atoms with Crippen molar-refractivity contribution >= 4 is 57.9 Å². The van der Waals surface area contributed by atoms with E-state index in [-0.39, 0.29) is 11.3 Å². The van der Waals surface area contributed by atoms with Crippen LogP contribution < -0.4 is 5.32 Å². The SMILES string of the molecule is Cc1ccc(NC2=C(c3ccc(Cl)cc3Cl)C(=O)N(C)C2=O)cc1Cl. The van der Waals surface area contributed by atoms with Crippen molar-refractivity contribution in [3.63, 3.8) is 0 Å². The first-order valence-electron chi connectivity index (χ1n) is 7.35. The van der Waals surface area contributed by atoms with E-state index in [1.54, 1.807) is 24.3 Å². The third-order valence-electron chi connectivity index (χ3n) is 3.93. The monoisotopic (exact) mass is 394 g/mol. The van der Waals surface area contributed by atoms with Gasteiger partial charge in [-0.2, -0.15) is 0 Å². The number of halogens is 3. The van der Waals surface area contributed by atoms with E-state index in [1.807, 2.05) is 13.0 Å². The first kappa shape index (κ1) is 17.8. The lowest BCUT2D eigenvalue weighted by Crippen LogP contribution is -2.27. The standard InChI is InChI=1S/C18H13Cl3N2O2/c1-9-3-5-11(8-13(9)20)22-16-15(17(24)23(2)18(16)25)12-6-4-10(19)7-14(12)21/h3-8,22H,1-2H3. The third kappa shape index (κ3) is 3.25. The molecule has 0 atom stereocenters. The van der Waals surface area contributed by atoms with Crippen LogP contribution in [-0.2, 0) is 9.59 Å². The van der Waals surface area contributed by atoms with Crippen molar-refractivity contribution in [1.29, 1.82) is 0 Å². The minimum absolute atomic E-state index is 0.150. The van der Waals surface area contributed by atoms with Crippen LogP contribution in [-0.4, -0.2) is 23.8 Å². The highest BCUT2D eigenvalue weighted by atomic mass is 35.5. The normalized spacial score (nSPS) is 14.5. The smallest absolute Gasteiger partial charge is 0.277 e. The molecule has 1 aliphatic rings. The molecule has 1 heterocycles. The summed E-state index contributed by atoms with van der Waals surface area (Å²) in [6, 6.07) is 10.1. The molecule has 2 aromatic rings. The molecular formula is C18H13Cl3N2O2. The fraction of sp³-hybridized carbons (Fsp3) is 0.111. The van der Waals surface area contributed by atoms with Crippen LogP contribution in [0, 0.1) is 6.92 Å². The number of likely N-dealkylation sites (N-methyl/N-ethyl adjacent to an activating group) is 1. The van der Waals surface area contributed by atoms with Gasteiger partial charge < -0.3 is 5.32 Å². The molecule has 1 N–H and O–H groups in total. The van der Waals surface area contributed by atoms with Gasteiger partial charge in [0.25, 0.3) is 11.8 Å². The average Bonchev–Trinajstić information content (AvgIpc) is 2.76. The number of benzene rings is 2. The van der Waals surface area contributed by atoms with E-state index in [2.05, 4.69) is 5.32 Å². The number of carbonyl (C=O) groups excluding carboxylic acids is 2. The minimum atomic E-state index is -0.442. The topological polar surface area (TPSA) is 49.4 Å². The number of aryl methyl sites for hydroxylation is 1. The number of carbonyl (C=O) groups is 2. The van der Waals surface area contributed by atoms with Crippen molar-refractivity contribution in [3.05, 3.63) is 68.3 Å². The molecule has 2 aromatic carbocycles. The summed E-state index contributed by atoms with van der Waals surface area (Å²) in [6.07, 6.45) is 0. The summed E-state index contributed by atoms with van der Waals surface area (Å²) in [4.78, 5) is 26.1. The van der Waals surface area contributed by atoms with Crippen LogP contribution in [0.4, 0.5) is 5.69 Å². The van der Waals surface area contributed by atoms with Gasteiger partial charge in [-0.05, 0) is 36.8 Å². The zero-order valence-corrected chi connectivity index (χ0v) is 15.6. The van der Waals surface area contributed by atoms with Crippen molar-refractivity contribution in [2.75, 3.05) is 12.4 Å². The maximum atomic E-state index is 12.6. The predicted octanol–water partition coefficient (Wildman–Crippen LogP) is 4.78. The lowest BCUT2D eigenvalue weighted by Gasteiger charge is -2.10. The highest BCUT2D eigenvalue weighted by molar-refractivity contribution is 6.41. The molecular weight excluding hydrogens is 383 g/mol. The number of amides is 2. The zero-order chi connectivity index (χ0) is 18.3. The fourth-order valence-electron chi connectivity index (χ4n) is 2.51. The van der Waals surface area contributed by atoms with Crippen molar-refractivity contribution in [2.45, 2.75) is 6.92 Å². The van der Waals surface area contributed by atoms with E-state index in [0.29, 0.717) is 26.3 Å². The molecule has 0 bridgehead atoms. The average molecular weight is 396 g/mol. The predicted molar refractivity (Wildman–Crippen MR) is 101 cm³/mol. The van der Waals surface area contributed by atoms with Crippen LogP contribution in [0.5, 0.6) is 0 Å². The Morgan fingerprint density at radius 3 is 2.28 bits per heavy atom. The van der Waals surface area contributed by atoms with Crippen LogP contribution in [0.1, 0.15) is 11.1 Å². The zero-order valence-electron chi connectivity index (χ0n) is 13.4. The summed E-state index contributed by atoms with van der Waals surface area (Å²) in [5.74, 6) is -0.877. The van der Waals surface area contributed by atoms with E-state index < -0.39 is 11.8 Å². The Hall–Kier alpha value is -2.01. The van der Waals surface area contributed by atoms with Gasteiger partial charge in [0.1, 0.15) is 5.70 Å². The van der Waals surface area contributed by atoms with Gasteiger partial charge in [-0.3, -0.25) is 14.5 Å². The summed E-state index contributed by atoms with van der Waals surface area (Å²) in [5.41, 5.74) is 2.30. The van der Waals surface area contributed by atoms with Gasteiger partial charge in [-0.25, -0.2) is 0 Å². The third-order valence-corrected chi connectivity index (χ3v) is 4.88. The number of hydrogen-bond acceptors (Lipinski definition) is 3. The van der Waals surface area contributed by atoms with Gasteiger partial charge in [0.15, 0.2) is 0 Å². The van der Waals surface area contributed by atoms with E-state index in [0.717, 1.165) is 10.5 Å². The lowest BCUT2D eigenvalue weighted by atomic mass is 10.0. The van der Waals surface area contributed by atoms with Gasteiger partial charge >= 0.3 is 0 Å². The van der Waals surface area contributed by atoms with Crippen molar-refractivity contribution in [1.82, 2.24) is 4.90 Å². The molecule has 3 rings (SSSR count). The fourth-order valence-corrected chi connectivity index (χ4v) is 3.20. The molecule has 0 saturated carbocycles. The second-order valence-corrected chi connectivity index (χ2v) is 6.88. The molecule has 128 valence electrons. The molecule has 25 heavy (non-hydrogen) atoms. The molecule has 0 saturated heterocycles. The lowest BCUT2D eigenvalue weighted by molar-refractivity contribution is -0.135. The molecule has 2 amide bonds. The van der Waals surface area contributed by atoms with Gasteiger partial charge in [0.2, 0.25) is 0 Å². The molecule has 0 aliphatic carbocycles. The Morgan fingerprint density at radius 1 is 0.920 bits per heavy atom. The summed E-state index contributed by atoms with van der Waals surface area (Å²) in [6.45, 7) is 1.88. The second kappa shape index (κ2) is 6.71. The van der Waals surface area contributed by atoms with E-state index in [9.17, 15) is 9.59 Å². The number of nitrogens with one attached hydrogen (secondary N) is 1. The van der Waals surface area contributed by atoms with Gasteiger partial charge in [0, 0.05) is 28.3 Å². The quantitative estimate of drug-likeness (QED) is 0.761. The largest absolute Gasteiger partial charge is 0.350 e. The number of nitrogens with zero attached hydrogens (tertiary/aromatic N) is 1. The maximum absolute atomic E-state index is 12.6. The number of imide groups is 1. The van der Waals surface area contributed by atoms with Crippen LogP contribution >= 0.6 is 34.8 Å². The Bertz CT molecular complexity index is 938. The minimum Gasteiger partial charge on any atom is -0.350 e. The molecule has 0 aromatic heterocycles. The highest BCUT2D eigenvalue weighted by Gasteiger charge is 2.37. The Kier molecular flexibility index (Phi) is 4.78. The van der Waals surface area contributed by atoms with E-state index in [4.69, 9.17) is 34.8 Å². The molecule has 0 fully saturated rings. The Balaban J connectivity index is 2.13. The summed E-state index contributed by atoms with van der Waals surface area (Å²) in [5, 5.41) is 4.29. The molecule has 7 heteroatoms. The summed E-state index contributed by atoms with van der Waals surface area (Å²) >= 11 is 18.3. The van der Waals surface area contributed by atoms with E-state index >= 15 is 0 Å². The summed E-state index contributed by atoms with van der Waals surface area (Å²) < 4.78 is 0. The molecule has 0 spiro atoms. The van der Waals surface area contributed by atoms with Crippen molar-refractivity contribution < 1.29 is 9.59 Å². The van der Waals surface area contributed by atoms with Crippen LogP contribution in [0.15, 0.2) is 42.1 Å². The molecule has 4 nitrogen and oxygen atoms in total. The summed E-state index contributed by atoms with van der Waals surface area (Å²) in [7, 11) is 1.42. The van der Waals surface area contributed by atoms with Crippen molar-refractivity contribution in [2.24, 2.45) is 0 Å². The number of hydrogen-bond donors (Lipinski definition) is 1. The Morgan fingerprint density at radius 2 is 1.64 bits per heavy atom. The van der Waals surface area contributed by atoms with Gasteiger partial charge in [-0.1, -0.05) is 46.9 Å². The van der Waals surface area contributed by atoms with Crippen LogP contribution in [0.3, 0.4) is 0 Å². The Labute approximate surface area is 160 Å². The van der Waals surface area contributed by atoms with Crippen molar-refractivity contribution in [3.8, 4) is 0 Å². The van der Waals surface area contributed by atoms with E-state index in [1.165, 1.54) is 13.1 Å². The molecule has 0 unspecified atom stereocenters. The number of anilines is 1. The van der Waals surface area contributed by atoms with Gasteiger partial charge in [-0.15, -0.1) is 0 Å². The number of rotatable bonds is 3. The first-order chi connectivity index (χ1) is 11.8. The van der Waals surface area contributed by atoms with Crippen LogP contribution in [0.2, 0.25) is 15.1 Å². The second-order valence-electron chi connectivity index (χ2n) is 5.63. The molecule has 0 radical (unpaired) electrons. The highest BCUT2D eigenvalue weighted by Crippen LogP contribution is 2.35. The maximum Gasteiger partial charge on any atom is 0.277 e. The molecule has 1 aliphatic heterocycles.